The van der Waals surface area contributed by atoms with E-state index in [4.69, 9.17) is 9.26 Å². The predicted molar refractivity (Wildman–Crippen MR) is 110 cm³/mol. The number of carbonyl (C=O) groups is 1. The summed E-state index contributed by atoms with van der Waals surface area (Å²) >= 11 is 0. The lowest BCUT2D eigenvalue weighted by Crippen LogP contribution is -2.34. The molecule has 1 aromatic heterocycles. The molecule has 1 aliphatic rings. The van der Waals surface area contributed by atoms with Crippen molar-refractivity contribution in [3.05, 3.63) is 59.5 Å². The highest BCUT2D eigenvalue weighted by Gasteiger charge is 2.34. The summed E-state index contributed by atoms with van der Waals surface area (Å²) in [6.07, 6.45) is 1.69. The maximum atomic E-state index is 12.9. The van der Waals surface area contributed by atoms with Gasteiger partial charge >= 0.3 is 6.03 Å². The summed E-state index contributed by atoms with van der Waals surface area (Å²) in [6.45, 7) is 4.68. The summed E-state index contributed by atoms with van der Waals surface area (Å²) in [7, 11) is 1.62. The number of aryl methyl sites for hydroxylation is 2. The number of rotatable bonds is 4. The first-order valence-corrected chi connectivity index (χ1v) is 9.68. The lowest BCUT2D eigenvalue weighted by atomic mass is 10.1. The molecule has 0 radical (unpaired) electrons. The maximum Gasteiger partial charge on any atom is 0.322 e. The molecule has 29 heavy (non-hydrogen) atoms. The van der Waals surface area contributed by atoms with Gasteiger partial charge in [0.2, 0.25) is 11.7 Å². The number of amides is 2. The van der Waals surface area contributed by atoms with Crippen molar-refractivity contribution in [2.75, 3.05) is 19.0 Å². The lowest BCUT2D eigenvalue weighted by Gasteiger charge is -2.22. The van der Waals surface area contributed by atoms with Crippen LogP contribution in [0, 0.1) is 13.8 Å². The molecule has 1 fully saturated rings. The molecule has 7 heteroatoms. The third-order valence-corrected chi connectivity index (χ3v) is 5.21. The van der Waals surface area contributed by atoms with Crippen LogP contribution < -0.4 is 10.1 Å². The van der Waals surface area contributed by atoms with Crippen molar-refractivity contribution in [2.24, 2.45) is 0 Å². The average molecular weight is 392 g/mol. The third kappa shape index (κ3) is 3.94. The van der Waals surface area contributed by atoms with Crippen molar-refractivity contribution in [2.45, 2.75) is 32.7 Å². The summed E-state index contributed by atoms with van der Waals surface area (Å²) in [5.41, 5.74) is 3.85. The first-order chi connectivity index (χ1) is 14.0. The molecule has 2 amide bonds. The van der Waals surface area contributed by atoms with Crippen LogP contribution in [0.3, 0.4) is 0 Å². The maximum absolute atomic E-state index is 12.9. The quantitative estimate of drug-likeness (QED) is 0.694. The third-order valence-electron chi connectivity index (χ3n) is 5.21. The SMILES string of the molecule is COc1ccc(-c2noc([C@H]3CCCN3C(=O)Nc3ccc(C)cc3C)n2)cc1. The van der Waals surface area contributed by atoms with Gasteiger partial charge in [0, 0.05) is 17.8 Å². The Labute approximate surface area is 169 Å². The Morgan fingerprint density at radius 2 is 2.00 bits per heavy atom. The number of anilines is 1. The van der Waals surface area contributed by atoms with Gasteiger partial charge in [-0.25, -0.2) is 4.79 Å². The molecule has 0 unspecified atom stereocenters. The smallest absolute Gasteiger partial charge is 0.322 e. The number of benzene rings is 2. The minimum absolute atomic E-state index is 0.149. The van der Waals surface area contributed by atoms with Gasteiger partial charge in [0.1, 0.15) is 11.8 Å². The van der Waals surface area contributed by atoms with E-state index in [0.29, 0.717) is 18.3 Å². The molecule has 1 atom stereocenters. The largest absolute Gasteiger partial charge is 0.497 e. The van der Waals surface area contributed by atoms with Crippen molar-refractivity contribution < 1.29 is 14.1 Å². The van der Waals surface area contributed by atoms with Crippen LogP contribution in [-0.2, 0) is 0 Å². The van der Waals surface area contributed by atoms with E-state index in [-0.39, 0.29) is 12.1 Å². The molecule has 2 aromatic carbocycles. The number of aromatic nitrogens is 2. The zero-order valence-corrected chi connectivity index (χ0v) is 16.8. The van der Waals surface area contributed by atoms with Crippen LogP contribution in [-0.4, -0.2) is 34.7 Å². The highest BCUT2D eigenvalue weighted by molar-refractivity contribution is 5.90. The molecule has 1 N–H and O–H groups in total. The van der Waals surface area contributed by atoms with Crippen LogP contribution in [0.2, 0.25) is 0 Å². The van der Waals surface area contributed by atoms with Crippen LogP contribution in [0.1, 0.15) is 35.9 Å². The number of carbonyl (C=O) groups excluding carboxylic acids is 1. The summed E-state index contributed by atoms with van der Waals surface area (Å²) in [6, 6.07) is 13.1. The van der Waals surface area contributed by atoms with E-state index in [9.17, 15) is 4.79 Å². The molecule has 0 spiro atoms. The summed E-state index contributed by atoms with van der Waals surface area (Å²) in [4.78, 5) is 19.2. The molecule has 0 saturated carbocycles. The molecule has 4 rings (SSSR count). The number of ether oxygens (including phenoxy) is 1. The second-order valence-electron chi connectivity index (χ2n) is 7.28. The summed E-state index contributed by atoms with van der Waals surface area (Å²) < 4.78 is 10.7. The fourth-order valence-corrected chi connectivity index (χ4v) is 3.64. The van der Waals surface area contributed by atoms with Gasteiger partial charge in [-0.1, -0.05) is 22.9 Å². The van der Waals surface area contributed by atoms with Gasteiger partial charge < -0.3 is 19.5 Å². The van der Waals surface area contributed by atoms with E-state index in [1.807, 2.05) is 50.2 Å². The average Bonchev–Trinajstić information content (AvgIpc) is 3.39. The number of hydrogen-bond acceptors (Lipinski definition) is 5. The molecule has 0 bridgehead atoms. The molecule has 1 aliphatic heterocycles. The zero-order chi connectivity index (χ0) is 20.4. The number of nitrogens with zero attached hydrogens (tertiary/aromatic N) is 3. The molecule has 3 aromatic rings. The standard InChI is InChI=1S/C22H24N4O3/c1-14-6-11-18(15(2)13-14)23-22(27)26-12-4-5-19(26)21-24-20(25-29-21)16-7-9-17(28-3)10-8-16/h6-11,13,19H,4-5,12H2,1-3H3,(H,23,27)/t19-/m1/s1. The van der Waals surface area contributed by atoms with E-state index in [2.05, 4.69) is 21.5 Å². The van der Waals surface area contributed by atoms with Crippen LogP contribution in [0.15, 0.2) is 47.0 Å². The van der Waals surface area contributed by atoms with Gasteiger partial charge in [0.05, 0.1) is 7.11 Å². The normalized spacial score (nSPS) is 16.1. The van der Waals surface area contributed by atoms with Crippen LogP contribution in [0.25, 0.3) is 11.4 Å². The van der Waals surface area contributed by atoms with Crippen molar-refractivity contribution >= 4 is 11.7 Å². The Bertz CT molecular complexity index is 1010. The van der Waals surface area contributed by atoms with Crippen LogP contribution in [0.5, 0.6) is 5.75 Å². The first-order valence-electron chi connectivity index (χ1n) is 9.68. The fourth-order valence-electron chi connectivity index (χ4n) is 3.64. The fraction of sp³-hybridized carbons (Fsp3) is 0.318. The Balaban J connectivity index is 1.50. The Kier molecular flexibility index (Phi) is 5.20. The van der Waals surface area contributed by atoms with Crippen molar-refractivity contribution in [1.82, 2.24) is 15.0 Å². The van der Waals surface area contributed by atoms with Gasteiger partial charge in [-0.3, -0.25) is 0 Å². The molecular weight excluding hydrogens is 368 g/mol. The molecule has 2 heterocycles. The highest BCUT2D eigenvalue weighted by atomic mass is 16.5. The van der Waals surface area contributed by atoms with Crippen LogP contribution >= 0.6 is 0 Å². The van der Waals surface area contributed by atoms with Crippen molar-refractivity contribution in [3.63, 3.8) is 0 Å². The number of hydrogen-bond donors (Lipinski definition) is 1. The zero-order valence-electron chi connectivity index (χ0n) is 16.8. The second-order valence-corrected chi connectivity index (χ2v) is 7.28. The minimum Gasteiger partial charge on any atom is -0.497 e. The van der Waals surface area contributed by atoms with E-state index < -0.39 is 0 Å². The van der Waals surface area contributed by atoms with Crippen LogP contribution in [0.4, 0.5) is 10.5 Å². The molecule has 1 saturated heterocycles. The van der Waals surface area contributed by atoms with E-state index in [0.717, 1.165) is 41.0 Å². The number of urea groups is 1. The number of likely N-dealkylation sites (tertiary alicyclic amines) is 1. The van der Waals surface area contributed by atoms with Crippen molar-refractivity contribution in [3.8, 4) is 17.1 Å². The molecule has 0 aliphatic carbocycles. The second kappa shape index (κ2) is 7.95. The van der Waals surface area contributed by atoms with Gasteiger partial charge in [0.15, 0.2) is 0 Å². The monoisotopic (exact) mass is 392 g/mol. The molecule has 150 valence electrons. The lowest BCUT2D eigenvalue weighted by molar-refractivity contribution is 0.193. The Hall–Kier alpha value is -3.35. The first kappa shape index (κ1) is 19.0. The van der Waals surface area contributed by atoms with E-state index >= 15 is 0 Å². The van der Waals surface area contributed by atoms with Gasteiger partial charge in [-0.15, -0.1) is 0 Å². The number of methoxy groups -OCH3 is 1. The summed E-state index contributed by atoms with van der Waals surface area (Å²) in [5, 5.41) is 7.12. The predicted octanol–water partition coefficient (Wildman–Crippen LogP) is 4.73. The van der Waals surface area contributed by atoms with E-state index in [1.54, 1.807) is 12.0 Å². The van der Waals surface area contributed by atoms with Crippen molar-refractivity contribution in [1.29, 1.82) is 0 Å². The van der Waals surface area contributed by atoms with E-state index in [1.165, 1.54) is 0 Å². The number of nitrogens with one attached hydrogen (secondary N) is 1. The molecular formula is C22H24N4O3. The van der Waals surface area contributed by atoms with Gasteiger partial charge in [-0.2, -0.15) is 4.98 Å². The van der Waals surface area contributed by atoms with Gasteiger partial charge in [0.25, 0.3) is 0 Å². The van der Waals surface area contributed by atoms with Gasteiger partial charge in [-0.05, 0) is 62.6 Å². The topological polar surface area (TPSA) is 80.5 Å². The minimum atomic E-state index is -0.222. The Morgan fingerprint density at radius 1 is 1.21 bits per heavy atom. The highest BCUT2D eigenvalue weighted by Crippen LogP contribution is 2.33. The molecule has 7 nitrogen and oxygen atoms in total. The Morgan fingerprint density at radius 3 is 2.72 bits per heavy atom. The summed E-state index contributed by atoms with van der Waals surface area (Å²) in [5.74, 6) is 1.73.